The topological polar surface area (TPSA) is 67.4 Å². The molecule has 0 atom stereocenters. The van der Waals surface area contributed by atoms with Gasteiger partial charge in [0, 0.05) is 11.3 Å². The molecule has 0 radical (unpaired) electrons. The van der Waals surface area contributed by atoms with Gasteiger partial charge in [0.2, 0.25) is 5.91 Å². The minimum Gasteiger partial charge on any atom is -0.495 e. The van der Waals surface area contributed by atoms with E-state index < -0.39 is 0 Å². The molecule has 0 aliphatic rings. The van der Waals surface area contributed by atoms with Gasteiger partial charge in [0.1, 0.15) is 10.8 Å². The maximum Gasteiger partial charge on any atom is 0.259 e. The summed E-state index contributed by atoms with van der Waals surface area (Å²) < 4.78 is 5.26. The molecule has 0 saturated heterocycles. The average Bonchev–Trinajstić information content (AvgIpc) is 2.82. The van der Waals surface area contributed by atoms with Crippen molar-refractivity contribution in [3.8, 4) is 5.75 Å². The van der Waals surface area contributed by atoms with Crippen LogP contribution in [0.4, 0.5) is 10.7 Å². The number of aryl methyl sites for hydroxylation is 1. The molecule has 0 saturated carbocycles. The molecule has 0 fully saturated rings. The maximum atomic E-state index is 12.8. The average molecular weight is 346 g/mol. The zero-order chi connectivity index (χ0) is 17.7. The summed E-state index contributed by atoms with van der Waals surface area (Å²) in [6.45, 7) is 5.77. The molecule has 5 nitrogen and oxygen atoms in total. The number of carbonyl (C=O) groups is 2. The van der Waals surface area contributed by atoms with E-state index in [1.165, 1.54) is 11.3 Å². The van der Waals surface area contributed by atoms with Gasteiger partial charge in [-0.2, -0.15) is 0 Å². The predicted molar refractivity (Wildman–Crippen MR) is 98.3 cm³/mol. The summed E-state index contributed by atoms with van der Waals surface area (Å²) in [6.07, 6.45) is 1.20. The molecule has 0 aliphatic heterocycles. The summed E-state index contributed by atoms with van der Waals surface area (Å²) in [5.41, 5.74) is 1.98. The highest BCUT2D eigenvalue weighted by atomic mass is 32.1. The largest absolute Gasteiger partial charge is 0.495 e. The van der Waals surface area contributed by atoms with Gasteiger partial charge in [-0.15, -0.1) is 11.3 Å². The van der Waals surface area contributed by atoms with Crippen LogP contribution in [-0.2, 0) is 4.79 Å². The monoisotopic (exact) mass is 346 g/mol. The minimum absolute atomic E-state index is 0.0786. The highest BCUT2D eigenvalue weighted by Crippen LogP contribution is 2.34. The van der Waals surface area contributed by atoms with E-state index in [1.807, 2.05) is 32.9 Å². The van der Waals surface area contributed by atoms with E-state index in [0.29, 0.717) is 28.4 Å². The van der Waals surface area contributed by atoms with E-state index >= 15 is 0 Å². The summed E-state index contributed by atoms with van der Waals surface area (Å²) in [5.74, 6) is 0.255. The summed E-state index contributed by atoms with van der Waals surface area (Å²) in [6, 6.07) is 7.23. The lowest BCUT2D eigenvalue weighted by molar-refractivity contribution is -0.116. The molecule has 6 heteroatoms. The number of anilines is 2. The number of carbonyl (C=O) groups excluding carboxylic acids is 2. The van der Waals surface area contributed by atoms with E-state index in [9.17, 15) is 9.59 Å². The molecule has 0 bridgehead atoms. The predicted octanol–water partition coefficient (Wildman–Crippen LogP) is 4.36. The fraction of sp³-hybridized carbons (Fsp3) is 0.333. The van der Waals surface area contributed by atoms with E-state index in [1.54, 1.807) is 19.2 Å². The van der Waals surface area contributed by atoms with Crippen LogP contribution in [0.25, 0.3) is 0 Å². The van der Waals surface area contributed by atoms with Gasteiger partial charge >= 0.3 is 0 Å². The lowest BCUT2D eigenvalue weighted by atomic mass is 10.1. The van der Waals surface area contributed by atoms with Crippen molar-refractivity contribution >= 4 is 33.8 Å². The van der Waals surface area contributed by atoms with Gasteiger partial charge < -0.3 is 15.4 Å². The van der Waals surface area contributed by atoms with Crippen molar-refractivity contribution in [2.24, 2.45) is 0 Å². The Hall–Kier alpha value is -2.34. The molecule has 128 valence electrons. The molecule has 1 aromatic heterocycles. The Labute approximate surface area is 146 Å². The van der Waals surface area contributed by atoms with Gasteiger partial charge in [-0.25, -0.2) is 0 Å². The van der Waals surface area contributed by atoms with Crippen LogP contribution in [0.2, 0.25) is 0 Å². The first-order valence-electron chi connectivity index (χ1n) is 7.82. The molecule has 0 aliphatic carbocycles. The van der Waals surface area contributed by atoms with Crippen molar-refractivity contribution in [3.05, 3.63) is 40.3 Å². The molecule has 0 unspecified atom stereocenters. The Morgan fingerprint density at radius 1 is 1.17 bits per heavy atom. The summed E-state index contributed by atoms with van der Waals surface area (Å²) in [4.78, 5) is 25.7. The van der Waals surface area contributed by atoms with Crippen molar-refractivity contribution in [3.63, 3.8) is 0 Å². The van der Waals surface area contributed by atoms with Gasteiger partial charge in [-0.1, -0.05) is 19.1 Å². The van der Waals surface area contributed by atoms with E-state index in [-0.39, 0.29) is 11.8 Å². The van der Waals surface area contributed by atoms with Crippen molar-refractivity contribution < 1.29 is 14.3 Å². The third kappa shape index (κ3) is 3.94. The Balaban J connectivity index is 2.30. The van der Waals surface area contributed by atoms with Gasteiger partial charge in [-0.3, -0.25) is 9.59 Å². The fourth-order valence-electron chi connectivity index (χ4n) is 2.34. The summed E-state index contributed by atoms with van der Waals surface area (Å²) in [5, 5.41) is 6.32. The Kier molecular flexibility index (Phi) is 5.98. The number of ether oxygens (including phenoxy) is 1. The van der Waals surface area contributed by atoms with E-state index in [2.05, 4.69) is 10.6 Å². The van der Waals surface area contributed by atoms with Crippen molar-refractivity contribution in [1.82, 2.24) is 0 Å². The van der Waals surface area contributed by atoms with Crippen LogP contribution in [0, 0.1) is 13.8 Å². The summed E-state index contributed by atoms with van der Waals surface area (Å²) in [7, 11) is 1.56. The Morgan fingerprint density at radius 2 is 1.88 bits per heavy atom. The first-order valence-corrected chi connectivity index (χ1v) is 8.63. The third-order valence-electron chi connectivity index (χ3n) is 3.70. The second-order valence-corrected chi connectivity index (χ2v) is 6.66. The number of rotatable bonds is 6. The maximum absolute atomic E-state index is 12.8. The van der Waals surface area contributed by atoms with Crippen LogP contribution in [0.5, 0.6) is 5.75 Å². The molecule has 1 aromatic carbocycles. The molecule has 2 aromatic rings. The lowest BCUT2D eigenvalue weighted by Gasteiger charge is -2.11. The first-order chi connectivity index (χ1) is 11.5. The van der Waals surface area contributed by atoms with Gasteiger partial charge in [0.15, 0.2) is 0 Å². The fourth-order valence-corrected chi connectivity index (χ4v) is 3.41. The quantitative estimate of drug-likeness (QED) is 0.816. The van der Waals surface area contributed by atoms with Gasteiger partial charge in [-0.05, 0) is 38.0 Å². The highest BCUT2D eigenvalue weighted by molar-refractivity contribution is 7.16. The van der Waals surface area contributed by atoms with Crippen LogP contribution >= 0.6 is 11.3 Å². The molecule has 2 N–H and O–H groups in total. The van der Waals surface area contributed by atoms with Gasteiger partial charge in [0.25, 0.3) is 5.91 Å². The number of benzene rings is 1. The zero-order valence-electron chi connectivity index (χ0n) is 14.4. The lowest BCUT2D eigenvalue weighted by Crippen LogP contribution is -2.17. The second-order valence-electron chi connectivity index (χ2n) is 5.44. The smallest absolute Gasteiger partial charge is 0.259 e. The zero-order valence-corrected chi connectivity index (χ0v) is 15.2. The second kappa shape index (κ2) is 7.97. The van der Waals surface area contributed by atoms with Crippen molar-refractivity contribution in [1.29, 1.82) is 0 Å². The van der Waals surface area contributed by atoms with Gasteiger partial charge in [0.05, 0.1) is 18.4 Å². The van der Waals surface area contributed by atoms with E-state index in [4.69, 9.17) is 4.74 Å². The van der Waals surface area contributed by atoms with E-state index in [0.717, 1.165) is 16.9 Å². The summed E-state index contributed by atoms with van der Waals surface area (Å²) >= 11 is 1.42. The highest BCUT2D eigenvalue weighted by Gasteiger charge is 2.21. The molecule has 0 spiro atoms. The van der Waals surface area contributed by atoms with Crippen LogP contribution in [0.1, 0.15) is 40.6 Å². The number of hydrogen-bond donors (Lipinski definition) is 2. The van der Waals surface area contributed by atoms with Crippen LogP contribution in [-0.4, -0.2) is 18.9 Å². The standard InChI is InChI=1S/C18H22N2O3S/c1-5-8-15(21)20-18-16(11(2)12(3)24-18)17(22)19-13-9-6-7-10-14(13)23-4/h6-7,9-10H,5,8H2,1-4H3,(H,19,22)(H,20,21). The van der Waals surface area contributed by atoms with Crippen LogP contribution in [0.3, 0.4) is 0 Å². The Morgan fingerprint density at radius 3 is 2.54 bits per heavy atom. The number of thiophene rings is 1. The normalized spacial score (nSPS) is 10.3. The molecule has 1 heterocycles. The molecule has 24 heavy (non-hydrogen) atoms. The molecule has 2 rings (SSSR count). The number of hydrogen-bond acceptors (Lipinski definition) is 4. The molecule has 2 amide bonds. The minimum atomic E-state index is -0.256. The molecular formula is C18H22N2O3S. The van der Waals surface area contributed by atoms with Crippen molar-refractivity contribution in [2.45, 2.75) is 33.6 Å². The molecular weight excluding hydrogens is 324 g/mol. The van der Waals surface area contributed by atoms with Crippen LogP contribution < -0.4 is 15.4 Å². The van der Waals surface area contributed by atoms with Crippen molar-refractivity contribution in [2.75, 3.05) is 17.7 Å². The third-order valence-corrected chi connectivity index (χ3v) is 4.82. The number of amides is 2. The Bertz CT molecular complexity index is 753. The number of methoxy groups -OCH3 is 1. The first kappa shape index (κ1) is 18.0. The number of para-hydroxylation sites is 2. The SMILES string of the molecule is CCCC(=O)Nc1sc(C)c(C)c1C(=O)Nc1ccccc1OC. The van der Waals surface area contributed by atoms with Crippen LogP contribution in [0.15, 0.2) is 24.3 Å². The number of nitrogens with one attached hydrogen (secondary N) is 2.